The van der Waals surface area contributed by atoms with Crippen molar-refractivity contribution < 1.29 is 14.6 Å². The molecule has 15 heavy (non-hydrogen) atoms. The molecular weight excluding hydrogens is 208 g/mol. The molecule has 84 valence electrons. The molecule has 0 saturated carbocycles. The molecule has 1 rings (SSSR count). The molecule has 4 heteroatoms. The molecule has 0 bridgehead atoms. The van der Waals surface area contributed by atoms with Gasteiger partial charge >= 0.3 is 0 Å². The van der Waals surface area contributed by atoms with Gasteiger partial charge in [-0.05, 0) is 22.7 Å². The zero-order valence-electron chi connectivity index (χ0n) is 9.45. The highest BCUT2D eigenvalue weighted by molar-refractivity contribution is 6.32. The summed E-state index contributed by atoms with van der Waals surface area (Å²) >= 11 is 0. The molecule has 0 fully saturated rings. The first kappa shape index (κ1) is 12.1. The summed E-state index contributed by atoms with van der Waals surface area (Å²) in [6, 6.07) is 4.88. The van der Waals surface area contributed by atoms with Gasteiger partial charge in [0.2, 0.25) is 9.76 Å². The van der Waals surface area contributed by atoms with Gasteiger partial charge < -0.3 is 14.6 Å². The Morgan fingerprint density at radius 1 is 1.27 bits per heavy atom. The minimum Gasteiger partial charge on any atom is -0.549 e. The summed E-state index contributed by atoms with van der Waals surface area (Å²) in [7, 11) is -0.681. The molecule has 0 aliphatic carbocycles. The van der Waals surface area contributed by atoms with Crippen molar-refractivity contribution in [1.29, 1.82) is 0 Å². The van der Waals surface area contributed by atoms with E-state index in [1.807, 2.05) is 0 Å². The zero-order chi connectivity index (χ0) is 11.5. The average molecular weight is 226 g/mol. The summed E-state index contributed by atoms with van der Waals surface area (Å²) in [5, 5.41) is 18.6. The van der Waals surface area contributed by atoms with Crippen LogP contribution in [-0.2, 0) is 6.61 Å². The number of aliphatic hydroxyl groups excluding tert-OH is 1. The summed E-state index contributed by atoms with van der Waals surface area (Å²) in [6.45, 7) is 6.32. The fourth-order valence-corrected chi connectivity index (χ4v) is 1.88. The van der Waals surface area contributed by atoms with E-state index >= 15 is 0 Å². The Hall–Kier alpha value is -1.00. The highest BCUT2D eigenvalue weighted by Gasteiger charge is 2.13. The van der Waals surface area contributed by atoms with E-state index in [4.69, 9.17) is 9.53 Å². The molecule has 0 radical (unpaired) electrons. The third-order valence-corrected chi connectivity index (χ3v) is 3.15. The van der Waals surface area contributed by atoms with Crippen molar-refractivity contribution in [2.45, 2.75) is 32.4 Å². The van der Waals surface area contributed by atoms with Crippen LogP contribution in [0.5, 0.6) is 11.5 Å². The number of hydrogen-bond donors (Lipinski definition) is 2. The van der Waals surface area contributed by atoms with Crippen molar-refractivity contribution in [1.82, 2.24) is 0 Å². The number of aromatic hydroxyl groups is 1. The van der Waals surface area contributed by atoms with Crippen molar-refractivity contribution >= 4 is 9.76 Å². The molecule has 3 nitrogen and oxygen atoms in total. The SMILES string of the molecule is CC(C)(C)[SiH2]Oc1cc(O)cc(CO)c1. The summed E-state index contributed by atoms with van der Waals surface area (Å²) in [6.07, 6.45) is 0. The summed E-state index contributed by atoms with van der Waals surface area (Å²) in [4.78, 5) is 0. The zero-order valence-corrected chi connectivity index (χ0v) is 10.9. The average Bonchev–Trinajstić information content (AvgIpc) is 2.13. The van der Waals surface area contributed by atoms with Gasteiger partial charge in [0.15, 0.2) is 0 Å². The number of phenols is 1. The molecule has 0 heterocycles. The van der Waals surface area contributed by atoms with Crippen molar-refractivity contribution in [3.63, 3.8) is 0 Å². The van der Waals surface area contributed by atoms with Gasteiger partial charge in [-0.2, -0.15) is 0 Å². The minimum atomic E-state index is -0.681. The molecule has 0 aliphatic heterocycles. The molecule has 0 aromatic heterocycles. The third-order valence-electron chi connectivity index (χ3n) is 1.81. The monoisotopic (exact) mass is 226 g/mol. The quantitative estimate of drug-likeness (QED) is 0.769. The van der Waals surface area contributed by atoms with Gasteiger partial charge in [0.25, 0.3) is 0 Å². The lowest BCUT2D eigenvalue weighted by molar-refractivity contribution is 0.280. The first-order valence-corrected chi connectivity index (χ1v) is 6.26. The third kappa shape index (κ3) is 4.36. The number of benzene rings is 1. The van der Waals surface area contributed by atoms with Gasteiger partial charge in [0.1, 0.15) is 11.5 Å². The van der Waals surface area contributed by atoms with Crippen LogP contribution in [0.3, 0.4) is 0 Å². The van der Waals surface area contributed by atoms with Crippen LogP contribution in [0.1, 0.15) is 26.3 Å². The Morgan fingerprint density at radius 3 is 2.47 bits per heavy atom. The first-order chi connectivity index (χ1) is 6.90. The van der Waals surface area contributed by atoms with Gasteiger partial charge in [-0.15, -0.1) is 0 Å². The maximum absolute atomic E-state index is 9.38. The lowest BCUT2D eigenvalue weighted by Gasteiger charge is -2.18. The standard InChI is InChI=1S/C11H18O3Si/c1-11(2,3)15-14-10-5-8(7-12)4-9(13)6-10/h4-6,12-13H,7,15H2,1-3H3. The lowest BCUT2D eigenvalue weighted by atomic mass is 10.2. The van der Waals surface area contributed by atoms with Crippen molar-refractivity contribution in [3.05, 3.63) is 23.8 Å². The summed E-state index contributed by atoms with van der Waals surface area (Å²) < 4.78 is 5.66. The smallest absolute Gasteiger partial charge is 0.224 e. The molecule has 0 saturated heterocycles. The fraction of sp³-hybridized carbons (Fsp3) is 0.455. The number of hydrogen-bond acceptors (Lipinski definition) is 3. The predicted molar refractivity (Wildman–Crippen MR) is 62.9 cm³/mol. The van der Waals surface area contributed by atoms with Gasteiger partial charge in [-0.25, -0.2) is 0 Å². The van der Waals surface area contributed by atoms with Gasteiger partial charge in [0.05, 0.1) is 6.61 Å². The number of rotatable bonds is 3. The summed E-state index contributed by atoms with van der Waals surface area (Å²) in [5.41, 5.74) is 0.674. The Kier molecular flexibility index (Phi) is 3.76. The van der Waals surface area contributed by atoms with Gasteiger partial charge in [-0.1, -0.05) is 20.8 Å². The highest BCUT2D eigenvalue weighted by atomic mass is 28.2. The van der Waals surface area contributed by atoms with E-state index in [1.165, 1.54) is 6.07 Å². The largest absolute Gasteiger partial charge is 0.549 e. The Labute approximate surface area is 92.7 Å². The molecule has 0 aliphatic rings. The van der Waals surface area contributed by atoms with Crippen LogP contribution in [0.2, 0.25) is 5.04 Å². The van der Waals surface area contributed by atoms with Crippen LogP contribution in [-0.4, -0.2) is 20.0 Å². The molecule has 0 amide bonds. The van der Waals surface area contributed by atoms with E-state index in [9.17, 15) is 5.11 Å². The van der Waals surface area contributed by atoms with E-state index in [0.29, 0.717) is 11.3 Å². The Morgan fingerprint density at radius 2 is 1.93 bits per heavy atom. The second kappa shape index (κ2) is 4.68. The van der Waals surface area contributed by atoms with Crippen LogP contribution in [0, 0.1) is 0 Å². The summed E-state index contributed by atoms with van der Waals surface area (Å²) in [5.74, 6) is 0.792. The number of aliphatic hydroxyl groups is 1. The lowest BCUT2D eigenvalue weighted by Crippen LogP contribution is -2.15. The first-order valence-electron chi connectivity index (χ1n) is 4.97. The van der Waals surface area contributed by atoms with E-state index in [1.54, 1.807) is 12.1 Å². The Bertz CT molecular complexity index is 331. The van der Waals surface area contributed by atoms with Crippen LogP contribution in [0.4, 0.5) is 0 Å². The topological polar surface area (TPSA) is 49.7 Å². The normalized spacial score (nSPS) is 12.3. The van der Waals surface area contributed by atoms with Crippen molar-refractivity contribution in [2.24, 2.45) is 0 Å². The predicted octanol–water partition coefficient (Wildman–Crippen LogP) is 1.57. The van der Waals surface area contributed by atoms with Crippen LogP contribution >= 0.6 is 0 Å². The molecule has 0 unspecified atom stereocenters. The van der Waals surface area contributed by atoms with Gasteiger partial charge in [0, 0.05) is 6.07 Å². The Balaban J connectivity index is 2.73. The maximum atomic E-state index is 9.38. The molecular formula is C11H18O3Si. The molecule has 1 aromatic rings. The van der Waals surface area contributed by atoms with E-state index in [2.05, 4.69) is 20.8 Å². The van der Waals surface area contributed by atoms with Gasteiger partial charge in [-0.3, -0.25) is 0 Å². The fourth-order valence-electron chi connectivity index (χ4n) is 1.12. The highest BCUT2D eigenvalue weighted by Crippen LogP contribution is 2.25. The minimum absolute atomic E-state index is 0.0815. The van der Waals surface area contributed by atoms with E-state index in [0.717, 1.165) is 0 Å². The molecule has 0 spiro atoms. The van der Waals surface area contributed by atoms with Crippen LogP contribution in [0.15, 0.2) is 18.2 Å². The molecule has 0 atom stereocenters. The van der Waals surface area contributed by atoms with Crippen molar-refractivity contribution in [3.8, 4) is 11.5 Å². The molecule has 1 aromatic carbocycles. The maximum Gasteiger partial charge on any atom is 0.224 e. The van der Waals surface area contributed by atoms with Crippen LogP contribution in [0.25, 0.3) is 0 Å². The molecule has 2 N–H and O–H groups in total. The van der Waals surface area contributed by atoms with Crippen molar-refractivity contribution in [2.75, 3.05) is 0 Å². The van der Waals surface area contributed by atoms with E-state index < -0.39 is 9.76 Å². The second-order valence-electron chi connectivity index (χ2n) is 4.84. The second-order valence-corrected chi connectivity index (χ2v) is 7.54. The number of phenolic OH excluding ortho intramolecular Hbond substituents is 1. The van der Waals surface area contributed by atoms with Crippen LogP contribution < -0.4 is 4.43 Å². The van der Waals surface area contributed by atoms with E-state index in [-0.39, 0.29) is 17.4 Å².